The lowest BCUT2D eigenvalue weighted by molar-refractivity contribution is 0.729. The van der Waals surface area contributed by atoms with Crippen LogP contribution in [0.4, 0.5) is 10.8 Å². The Morgan fingerprint density at radius 2 is 2.06 bits per heavy atom. The van der Waals surface area contributed by atoms with Gasteiger partial charge in [0.1, 0.15) is 0 Å². The molecule has 0 radical (unpaired) electrons. The normalized spacial score (nSPS) is 14.9. The van der Waals surface area contributed by atoms with Gasteiger partial charge < -0.3 is 10.6 Å². The van der Waals surface area contributed by atoms with Gasteiger partial charge in [-0.15, -0.1) is 11.3 Å². The summed E-state index contributed by atoms with van der Waals surface area (Å²) >= 11 is 1.61. The molecule has 0 saturated carbocycles. The predicted molar refractivity (Wildman–Crippen MR) is 67.7 cm³/mol. The van der Waals surface area contributed by atoms with E-state index in [1.165, 1.54) is 16.3 Å². The Bertz CT molecular complexity index is 492. The first-order valence-electron chi connectivity index (χ1n) is 5.37. The molecule has 1 aromatic heterocycles. The van der Waals surface area contributed by atoms with Crippen LogP contribution in [0.25, 0.3) is 0 Å². The largest absolute Gasteiger partial charge is 0.375 e. The van der Waals surface area contributed by atoms with Gasteiger partial charge in [-0.05, 0) is 12.1 Å². The number of thiazole rings is 1. The van der Waals surface area contributed by atoms with Crippen molar-refractivity contribution in [2.24, 2.45) is 0 Å². The summed E-state index contributed by atoms with van der Waals surface area (Å²) in [5.74, 6) is 0. The Kier molecular flexibility index (Phi) is 2.29. The zero-order chi connectivity index (χ0) is 11.0. The van der Waals surface area contributed by atoms with E-state index in [2.05, 4.69) is 34.1 Å². The summed E-state index contributed by atoms with van der Waals surface area (Å²) in [5.41, 5.74) is 8.20. The maximum atomic E-state index is 5.73. The first-order chi connectivity index (χ1) is 7.83. The highest BCUT2D eigenvalue weighted by atomic mass is 32.1. The van der Waals surface area contributed by atoms with Crippen LogP contribution in [0, 0.1) is 0 Å². The molecule has 1 aliphatic rings. The molecule has 1 aromatic carbocycles. The van der Waals surface area contributed by atoms with Gasteiger partial charge in [0.15, 0.2) is 5.13 Å². The SMILES string of the molecule is Nc1nc2c(s1)CN(c1ccccc1)CC2. The Labute approximate surface area is 98.5 Å². The number of nitrogens with zero attached hydrogens (tertiary/aromatic N) is 2. The standard InChI is InChI=1S/C12H13N3S/c13-12-14-10-6-7-15(8-11(10)16-12)9-4-2-1-3-5-9/h1-5H,6-8H2,(H2,13,14). The van der Waals surface area contributed by atoms with Crippen LogP contribution in [0.2, 0.25) is 0 Å². The molecule has 0 atom stereocenters. The molecule has 0 unspecified atom stereocenters. The zero-order valence-electron chi connectivity index (χ0n) is 8.89. The first-order valence-corrected chi connectivity index (χ1v) is 6.18. The summed E-state index contributed by atoms with van der Waals surface area (Å²) < 4.78 is 0. The van der Waals surface area contributed by atoms with E-state index in [0.717, 1.165) is 19.5 Å². The third-order valence-corrected chi connectivity index (χ3v) is 3.78. The molecular weight excluding hydrogens is 218 g/mol. The van der Waals surface area contributed by atoms with E-state index in [9.17, 15) is 0 Å². The highest BCUT2D eigenvalue weighted by molar-refractivity contribution is 7.15. The van der Waals surface area contributed by atoms with Crippen molar-refractivity contribution in [1.82, 2.24) is 4.98 Å². The van der Waals surface area contributed by atoms with E-state index >= 15 is 0 Å². The van der Waals surface area contributed by atoms with E-state index in [1.54, 1.807) is 11.3 Å². The van der Waals surface area contributed by atoms with Gasteiger partial charge in [0.25, 0.3) is 0 Å². The van der Waals surface area contributed by atoms with E-state index < -0.39 is 0 Å². The molecule has 2 aromatic rings. The van der Waals surface area contributed by atoms with Crippen molar-refractivity contribution in [3.8, 4) is 0 Å². The minimum atomic E-state index is 0.694. The molecule has 16 heavy (non-hydrogen) atoms. The number of hydrogen-bond donors (Lipinski definition) is 1. The van der Waals surface area contributed by atoms with Gasteiger partial charge in [0.2, 0.25) is 0 Å². The maximum absolute atomic E-state index is 5.73. The summed E-state index contributed by atoms with van der Waals surface area (Å²) in [7, 11) is 0. The fourth-order valence-corrected chi connectivity index (χ4v) is 2.97. The maximum Gasteiger partial charge on any atom is 0.180 e. The van der Waals surface area contributed by atoms with E-state index in [4.69, 9.17) is 5.73 Å². The van der Waals surface area contributed by atoms with Gasteiger partial charge in [-0.3, -0.25) is 0 Å². The second kappa shape index (κ2) is 3.79. The molecule has 3 rings (SSSR count). The second-order valence-electron chi connectivity index (χ2n) is 3.93. The summed E-state index contributed by atoms with van der Waals surface area (Å²) in [6, 6.07) is 10.5. The number of benzene rings is 1. The third-order valence-electron chi connectivity index (χ3n) is 2.87. The average Bonchev–Trinajstić information content (AvgIpc) is 2.69. The molecule has 0 saturated heterocycles. The molecule has 0 bridgehead atoms. The molecular formula is C12H13N3S. The lowest BCUT2D eigenvalue weighted by Gasteiger charge is -2.28. The molecule has 0 aliphatic carbocycles. The van der Waals surface area contributed by atoms with Gasteiger partial charge in [-0.2, -0.15) is 0 Å². The molecule has 0 fully saturated rings. The quantitative estimate of drug-likeness (QED) is 0.818. The van der Waals surface area contributed by atoms with Crippen LogP contribution in [0.3, 0.4) is 0 Å². The number of nitrogen functional groups attached to an aromatic ring is 1. The van der Waals surface area contributed by atoms with Crippen molar-refractivity contribution in [3.05, 3.63) is 40.9 Å². The third kappa shape index (κ3) is 1.65. The van der Waals surface area contributed by atoms with Crippen LogP contribution in [0.1, 0.15) is 10.6 Å². The lowest BCUT2D eigenvalue weighted by atomic mass is 10.1. The van der Waals surface area contributed by atoms with Crippen LogP contribution in [-0.4, -0.2) is 11.5 Å². The van der Waals surface area contributed by atoms with Crippen molar-refractivity contribution >= 4 is 22.2 Å². The minimum Gasteiger partial charge on any atom is -0.375 e. The highest BCUT2D eigenvalue weighted by Crippen LogP contribution is 2.29. The minimum absolute atomic E-state index is 0.694. The number of hydrogen-bond acceptors (Lipinski definition) is 4. The Balaban J connectivity index is 1.88. The highest BCUT2D eigenvalue weighted by Gasteiger charge is 2.19. The Morgan fingerprint density at radius 1 is 1.25 bits per heavy atom. The summed E-state index contributed by atoms with van der Waals surface area (Å²) in [6.45, 7) is 1.97. The van der Waals surface area contributed by atoms with Gasteiger partial charge in [0.05, 0.1) is 12.2 Å². The van der Waals surface area contributed by atoms with E-state index in [-0.39, 0.29) is 0 Å². The van der Waals surface area contributed by atoms with Gasteiger partial charge >= 0.3 is 0 Å². The average molecular weight is 231 g/mol. The molecule has 4 heteroatoms. The molecule has 1 aliphatic heterocycles. The number of fused-ring (bicyclic) bond motifs is 1. The Morgan fingerprint density at radius 3 is 2.88 bits per heavy atom. The number of nitrogens with two attached hydrogens (primary N) is 1. The van der Waals surface area contributed by atoms with Crippen LogP contribution in [-0.2, 0) is 13.0 Å². The molecule has 0 amide bonds. The monoisotopic (exact) mass is 231 g/mol. The number of anilines is 2. The van der Waals surface area contributed by atoms with Crippen molar-refractivity contribution in [1.29, 1.82) is 0 Å². The topological polar surface area (TPSA) is 42.1 Å². The van der Waals surface area contributed by atoms with E-state index in [1.807, 2.05) is 6.07 Å². The van der Waals surface area contributed by atoms with Gasteiger partial charge in [-0.1, -0.05) is 18.2 Å². The smallest absolute Gasteiger partial charge is 0.180 e. The molecule has 3 nitrogen and oxygen atoms in total. The lowest BCUT2D eigenvalue weighted by Crippen LogP contribution is -2.29. The fraction of sp³-hybridized carbons (Fsp3) is 0.250. The van der Waals surface area contributed by atoms with Crippen LogP contribution in [0.5, 0.6) is 0 Å². The first kappa shape index (κ1) is 9.66. The zero-order valence-corrected chi connectivity index (χ0v) is 9.70. The summed E-state index contributed by atoms with van der Waals surface area (Å²) in [4.78, 5) is 8.04. The van der Waals surface area contributed by atoms with Crippen molar-refractivity contribution < 1.29 is 0 Å². The van der Waals surface area contributed by atoms with Gasteiger partial charge in [-0.25, -0.2) is 4.98 Å². The number of aromatic nitrogens is 1. The van der Waals surface area contributed by atoms with Crippen LogP contribution in [0.15, 0.2) is 30.3 Å². The Hall–Kier alpha value is -1.55. The summed E-state index contributed by atoms with van der Waals surface area (Å²) in [6.07, 6.45) is 0.998. The summed E-state index contributed by atoms with van der Waals surface area (Å²) in [5, 5.41) is 0.694. The fourth-order valence-electron chi connectivity index (χ4n) is 2.07. The van der Waals surface area contributed by atoms with Crippen LogP contribution < -0.4 is 10.6 Å². The second-order valence-corrected chi connectivity index (χ2v) is 5.04. The van der Waals surface area contributed by atoms with Crippen LogP contribution >= 0.6 is 11.3 Å². The number of rotatable bonds is 1. The molecule has 0 spiro atoms. The number of para-hydroxylation sites is 1. The van der Waals surface area contributed by atoms with E-state index in [0.29, 0.717) is 5.13 Å². The van der Waals surface area contributed by atoms with Crippen molar-refractivity contribution in [2.45, 2.75) is 13.0 Å². The van der Waals surface area contributed by atoms with Gasteiger partial charge in [0, 0.05) is 23.5 Å². The predicted octanol–water partition coefficient (Wildman–Crippen LogP) is 2.29. The van der Waals surface area contributed by atoms with Crippen molar-refractivity contribution in [3.63, 3.8) is 0 Å². The molecule has 2 heterocycles. The molecule has 2 N–H and O–H groups in total. The molecule has 82 valence electrons. The van der Waals surface area contributed by atoms with Crippen molar-refractivity contribution in [2.75, 3.05) is 17.2 Å².